The van der Waals surface area contributed by atoms with Crippen LogP contribution in [0.15, 0.2) is 6.20 Å². The molecular weight excluding hydrogens is 220 g/mol. The van der Waals surface area contributed by atoms with Crippen molar-refractivity contribution in [3.8, 4) is 18.4 Å². The zero-order valence-corrected chi connectivity index (χ0v) is 9.20. The Morgan fingerprint density at radius 3 is 2.94 bits per heavy atom. The SMILES string of the molecule is C#CCN(CC#N)C(=O)Cn1cc(CN)nn1. The van der Waals surface area contributed by atoms with Crippen molar-refractivity contribution in [1.82, 2.24) is 19.9 Å². The summed E-state index contributed by atoms with van der Waals surface area (Å²) in [5, 5.41) is 16.0. The minimum Gasteiger partial charge on any atom is -0.325 e. The van der Waals surface area contributed by atoms with Crippen LogP contribution in [0.25, 0.3) is 0 Å². The van der Waals surface area contributed by atoms with Gasteiger partial charge in [0.15, 0.2) is 0 Å². The molecule has 0 bridgehead atoms. The van der Waals surface area contributed by atoms with Crippen LogP contribution in [0.5, 0.6) is 0 Å². The molecule has 0 spiro atoms. The lowest BCUT2D eigenvalue weighted by molar-refractivity contribution is -0.130. The molecule has 1 heterocycles. The first-order valence-corrected chi connectivity index (χ1v) is 4.88. The zero-order valence-electron chi connectivity index (χ0n) is 9.20. The molecule has 1 aromatic heterocycles. The summed E-state index contributed by atoms with van der Waals surface area (Å²) in [5.41, 5.74) is 5.97. The molecule has 88 valence electrons. The lowest BCUT2D eigenvalue weighted by atomic mass is 10.4. The number of nitrogens with zero attached hydrogens (tertiary/aromatic N) is 5. The molecule has 7 nitrogen and oxygen atoms in total. The first-order valence-electron chi connectivity index (χ1n) is 4.88. The Morgan fingerprint density at radius 2 is 2.41 bits per heavy atom. The normalized spacial score (nSPS) is 9.35. The second-order valence-corrected chi connectivity index (χ2v) is 3.22. The van der Waals surface area contributed by atoms with Gasteiger partial charge in [0.1, 0.15) is 13.1 Å². The molecule has 0 aliphatic heterocycles. The number of nitriles is 1. The number of terminal acetylenes is 1. The van der Waals surface area contributed by atoms with Gasteiger partial charge >= 0.3 is 0 Å². The van der Waals surface area contributed by atoms with E-state index in [1.807, 2.05) is 6.07 Å². The Bertz CT molecular complexity index is 450. The van der Waals surface area contributed by atoms with Gasteiger partial charge in [-0.05, 0) is 0 Å². The van der Waals surface area contributed by atoms with Gasteiger partial charge in [-0.3, -0.25) is 4.79 Å². The van der Waals surface area contributed by atoms with Crippen LogP contribution in [-0.4, -0.2) is 38.9 Å². The van der Waals surface area contributed by atoms with E-state index in [0.717, 1.165) is 0 Å². The van der Waals surface area contributed by atoms with Crippen molar-refractivity contribution < 1.29 is 4.79 Å². The van der Waals surface area contributed by atoms with Crippen molar-refractivity contribution in [2.75, 3.05) is 13.1 Å². The molecule has 0 saturated carbocycles. The quantitative estimate of drug-likeness (QED) is 0.503. The van der Waals surface area contributed by atoms with Gasteiger partial charge in [0.05, 0.1) is 24.5 Å². The molecule has 1 rings (SSSR count). The average Bonchev–Trinajstić information content (AvgIpc) is 2.76. The molecule has 0 saturated heterocycles. The number of amides is 1. The van der Waals surface area contributed by atoms with Crippen molar-refractivity contribution in [2.24, 2.45) is 5.73 Å². The lowest BCUT2D eigenvalue weighted by Crippen LogP contribution is -2.34. The molecule has 7 heteroatoms. The van der Waals surface area contributed by atoms with Gasteiger partial charge in [0.2, 0.25) is 5.91 Å². The van der Waals surface area contributed by atoms with Crippen LogP contribution in [0.1, 0.15) is 5.69 Å². The largest absolute Gasteiger partial charge is 0.325 e. The summed E-state index contributed by atoms with van der Waals surface area (Å²) in [6.45, 7) is 0.323. The van der Waals surface area contributed by atoms with Gasteiger partial charge in [-0.15, -0.1) is 11.5 Å². The summed E-state index contributed by atoms with van der Waals surface area (Å²) in [5.74, 6) is 2.04. The highest BCUT2D eigenvalue weighted by Crippen LogP contribution is 1.95. The van der Waals surface area contributed by atoms with Crippen LogP contribution in [0.3, 0.4) is 0 Å². The molecule has 0 atom stereocenters. The maximum atomic E-state index is 11.7. The van der Waals surface area contributed by atoms with E-state index in [9.17, 15) is 4.79 Å². The van der Waals surface area contributed by atoms with E-state index >= 15 is 0 Å². The highest BCUT2D eigenvalue weighted by Gasteiger charge is 2.13. The van der Waals surface area contributed by atoms with Crippen molar-refractivity contribution in [3.63, 3.8) is 0 Å². The predicted octanol–water partition coefficient (Wildman–Crippen LogP) is -1.28. The molecule has 0 aliphatic rings. The number of aromatic nitrogens is 3. The standard InChI is InChI=1S/C10H12N6O/c1-2-4-15(5-3-11)10(17)8-16-7-9(6-12)13-14-16/h1,7H,4-6,8,12H2. The average molecular weight is 232 g/mol. The smallest absolute Gasteiger partial charge is 0.246 e. The monoisotopic (exact) mass is 232 g/mol. The Kier molecular flexibility index (Phi) is 4.67. The van der Waals surface area contributed by atoms with Crippen molar-refractivity contribution in [3.05, 3.63) is 11.9 Å². The second-order valence-electron chi connectivity index (χ2n) is 3.22. The summed E-state index contributed by atoms with van der Waals surface area (Å²) in [4.78, 5) is 13.0. The van der Waals surface area contributed by atoms with Gasteiger partial charge < -0.3 is 10.6 Å². The summed E-state index contributed by atoms with van der Waals surface area (Å²) in [7, 11) is 0. The summed E-state index contributed by atoms with van der Waals surface area (Å²) < 4.78 is 1.37. The van der Waals surface area contributed by atoms with E-state index in [4.69, 9.17) is 17.4 Å². The van der Waals surface area contributed by atoms with Crippen molar-refractivity contribution in [2.45, 2.75) is 13.1 Å². The highest BCUT2D eigenvalue weighted by atomic mass is 16.2. The van der Waals surface area contributed by atoms with E-state index in [0.29, 0.717) is 5.69 Å². The molecule has 0 radical (unpaired) electrons. The van der Waals surface area contributed by atoms with Crippen LogP contribution in [0.4, 0.5) is 0 Å². The third-order valence-electron chi connectivity index (χ3n) is 1.99. The van der Waals surface area contributed by atoms with Crippen LogP contribution in [0, 0.1) is 23.7 Å². The van der Waals surface area contributed by atoms with Crippen LogP contribution in [0.2, 0.25) is 0 Å². The summed E-state index contributed by atoms with van der Waals surface area (Å²) in [6, 6.07) is 1.88. The van der Waals surface area contributed by atoms with E-state index < -0.39 is 0 Å². The molecule has 17 heavy (non-hydrogen) atoms. The molecule has 1 amide bonds. The Balaban J connectivity index is 2.63. The minimum atomic E-state index is -0.280. The Hall–Kier alpha value is -2.38. The topological polar surface area (TPSA) is 101 Å². The number of hydrogen-bond acceptors (Lipinski definition) is 5. The van der Waals surface area contributed by atoms with Gasteiger partial charge in [0.25, 0.3) is 0 Å². The van der Waals surface area contributed by atoms with Gasteiger partial charge in [-0.25, -0.2) is 4.68 Å². The van der Waals surface area contributed by atoms with Gasteiger partial charge in [-0.1, -0.05) is 11.1 Å². The fourth-order valence-corrected chi connectivity index (χ4v) is 1.18. The molecular formula is C10H12N6O. The number of carbonyl (C=O) groups excluding carboxylic acids is 1. The second kappa shape index (κ2) is 6.26. The van der Waals surface area contributed by atoms with E-state index in [1.54, 1.807) is 6.20 Å². The third-order valence-corrected chi connectivity index (χ3v) is 1.99. The Morgan fingerprint density at radius 1 is 1.65 bits per heavy atom. The van der Waals surface area contributed by atoms with Crippen molar-refractivity contribution >= 4 is 5.91 Å². The minimum absolute atomic E-state index is 0.00361. The first-order chi connectivity index (χ1) is 8.21. The maximum Gasteiger partial charge on any atom is 0.246 e. The summed E-state index contributed by atoms with van der Waals surface area (Å²) >= 11 is 0. The number of hydrogen-bond donors (Lipinski definition) is 1. The van der Waals surface area contributed by atoms with Gasteiger partial charge in [0, 0.05) is 6.54 Å². The number of nitrogens with two attached hydrogens (primary N) is 1. The van der Waals surface area contributed by atoms with E-state index in [1.165, 1.54) is 9.58 Å². The van der Waals surface area contributed by atoms with Crippen molar-refractivity contribution in [1.29, 1.82) is 5.26 Å². The number of rotatable bonds is 5. The van der Waals surface area contributed by atoms with Gasteiger partial charge in [-0.2, -0.15) is 5.26 Å². The zero-order chi connectivity index (χ0) is 12.7. The molecule has 1 aromatic rings. The maximum absolute atomic E-state index is 11.7. The molecule has 0 aromatic carbocycles. The highest BCUT2D eigenvalue weighted by molar-refractivity contribution is 5.76. The lowest BCUT2D eigenvalue weighted by Gasteiger charge is -2.15. The van der Waals surface area contributed by atoms with Crippen LogP contribution >= 0.6 is 0 Å². The fourth-order valence-electron chi connectivity index (χ4n) is 1.18. The van der Waals surface area contributed by atoms with E-state index in [-0.39, 0.29) is 32.1 Å². The molecule has 0 aliphatic carbocycles. The number of carbonyl (C=O) groups is 1. The van der Waals surface area contributed by atoms with Crippen LogP contribution < -0.4 is 5.73 Å². The van der Waals surface area contributed by atoms with Crippen LogP contribution in [-0.2, 0) is 17.9 Å². The van der Waals surface area contributed by atoms with E-state index in [2.05, 4.69) is 16.2 Å². The molecule has 0 unspecified atom stereocenters. The Labute approximate surface area is 98.8 Å². The molecule has 2 N–H and O–H groups in total. The molecule has 0 fully saturated rings. The first kappa shape index (κ1) is 12.7. The third kappa shape index (κ3) is 3.59. The predicted molar refractivity (Wildman–Crippen MR) is 58.9 cm³/mol. The summed E-state index contributed by atoms with van der Waals surface area (Å²) in [6.07, 6.45) is 6.69. The fraction of sp³-hybridized carbons (Fsp3) is 0.400.